The van der Waals surface area contributed by atoms with E-state index in [1.807, 2.05) is 13.8 Å². The van der Waals surface area contributed by atoms with Crippen LogP contribution in [0.15, 0.2) is 0 Å². The molecule has 1 rings (SSSR count). The summed E-state index contributed by atoms with van der Waals surface area (Å²) < 4.78 is 5.38. The van der Waals surface area contributed by atoms with Gasteiger partial charge in [-0.15, -0.1) is 0 Å². The first-order chi connectivity index (χ1) is 5.67. The first-order valence-electron chi connectivity index (χ1n) is 4.99. The van der Waals surface area contributed by atoms with Crippen molar-refractivity contribution >= 4 is 0 Å². The van der Waals surface area contributed by atoms with Gasteiger partial charge in [0.25, 0.3) is 0 Å². The van der Waals surface area contributed by atoms with Crippen molar-refractivity contribution in [3.05, 3.63) is 0 Å². The smallest absolute Gasteiger partial charge is 0.0645 e. The number of nitrogens with zero attached hydrogens (tertiary/aromatic N) is 1. The summed E-state index contributed by atoms with van der Waals surface area (Å²) in [6.45, 7) is 14.7. The van der Waals surface area contributed by atoms with E-state index in [0.29, 0.717) is 0 Å². The van der Waals surface area contributed by atoms with Gasteiger partial charge in [0, 0.05) is 12.1 Å². The van der Waals surface area contributed by atoms with Gasteiger partial charge in [-0.3, -0.25) is 4.90 Å². The van der Waals surface area contributed by atoms with Gasteiger partial charge >= 0.3 is 0 Å². The molecule has 0 aromatic rings. The summed E-state index contributed by atoms with van der Waals surface area (Å²) in [5.74, 6) is 0. The molecular formula is C10H23NO. The Morgan fingerprint density at radius 1 is 1.33 bits per heavy atom. The van der Waals surface area contributed by atoms with Crippen LogP contribution in [0.2, 0.25) is 0 Å². The van der Waals surface area contributed by atoms with E-state index in [9.17, 15) is 0 Å². The second-order valence-electron chi connectivity index (χ2n) is 3.44. The molecule has 0 aromatic heterocycles. The van der Waals surface area contributed by atoms with Crippen LogP contribution in [0, 0.1) is 0 Å². The average molecular weight is 173 g/mol. The Hall–Kier alpha value is -0.0800. The maximum atomic E-state index is 5.38. The van der Waals surface area contributed by atoms with Crippen LogP contribution < -0.4 is 0 Å². The third-order valence-electron chi connectivity index (χ3n) is 2.20. The second kappa shape index (κ2) is 5.55. The molecule has 0 spiro atoms. The Bertz CT molecular complexity index is 112. The van der Waals surface area contributed by atoms with Gasteiger partial charge in [-0.1, -0.05) is 20.8 Å². The van der Waals surface area contributed by atoms with Crippen LogP contribution in [0.5, 0.6) is 0 Å². The number of morpholine rings is 1. The fraction of sp³-hybridized carbons (Fsp3) is 1.00. The van der Waals surface area contributed by atoms with Gasteiger partial charge in [0.05, 0.1) is 13.2 Å². The molecule has 2 nitrogen and oxygen atoms in total. The SMILES string of the molecule is CC.CCN1CCOCC1(C)C. The van der Waals surface area contributed by atoms with Crippen LogP contribution in [0.1, 0.15) is 34.6 Å². The molecule has 0 aromatic carbocycles. The van der Waals surface area contributed by atoms with Crippen LogP contribution in [0.3, 0.4) is 0 Å². The Balaban J connectivity index is 0.000000561. The van der Waals surface area contributed by atoms with E-state index in [1.54, 1.807) is 0 Å². The monoisotopic (exact) mass is 173 g/mol. The summed E-state index contributed by atoms with van der Waals surface area (Å²) in [6.07, 6.45) is 0. The second-order valence-corrected chi connectivity index (χ2v) is 3.44. The Morgan fingerprint density at radius 2 is 1.92 bits per heavy atom. The molecule has 74 valence electrons. The zero-order valence-corrected chi connectivity index (χ0v) is 9.18. The molecule has 1 heterocycles. The summed E-state index contributed by atoms with van der Waals surface area (Å²) in [5.41, 5.74) is 0.257. The van der Waals surface area contributed by atoms with Crippen LogP contribution in [0.25, 0.3) is 0 Å². The van der Waals surface area contributed by atoms with Crippen molar-refractivity contribution in [2.45, 2.75) is 40.2 Å². The maximum absolute atomic E-state index is 5.38. The molecule has 0 radical (unpaired) electrons. The van der Waals surface area contributed by atoms with Crippen molar-refractivity contribution in [3.63, 3.8) is 0 Å². The highest BCUT2D eigenvalue weighted by Gasteiger charge is 2.28. The molecule has 0 unspecified atom stereocenters. The van der Waals surface area contributed by atoms with Crippen LogP contribution in [-0.2, 0) is 4.74 Å². The minimum absolute atomic E-state index is 0.257. The first-order valence-corrected chi connectivity index (χ1v) is 4.99. The fourth-order valence-corrected chi connectivity index (χ4v) is 1.48. The third-order valence-corrected chi connectivity index (χ3v) is 2.20. The molecule has 0 bridgehead atoms. The lowest BCUT2D eigenvalue weighted by molar-refractivity contribution is -0.0481. The molecule has 1 aliphatic heterocycles. The van der Waals surface area contributed by atoms with Crippen molar-refractivity contribution in [1.29, 1.82) is 0 Å². The average Bonchev–Trinajstić information content (AvgIpc) is 2.07. The number of rotatable bonds is 1. The molecule has 1 fully saturated rings. The van der Waals surface area contributed by atoms with Crippen molar-refractivity contribution in [2.75, 3.05) is 26.3 Å². The predicted octanol–water partition coefficient (Wildman–Crippen LogP) is 2.14. The lowest BCUT2D eigenvalue weighted by atomic mass is 10.0. The van der Waals surface area contributed by atoms with Crippen molar-refractivity contribution < 1.29 is 4.74 Å². The molecule has 0 saturated carbocycles. The highest BCUT2D eigenvalue weighted by molar-refractivity contribution is 4.83. The quantitative estimate of drug-likeness (QED) is 0.602. The van der Waals surface area contributed by atoms with E-state index < -0.39 is 0 Å². The van der Waals surface area contributed by atoms with E-state index in [1.165, 1.54) is 0 Å². The number of hydrogen-bond donors (Lipinski definition) is 0. The van der Waals surface area contributed by atoms with E-state index in [2.05, 4.69) is 25.7 Å². The van der Waals surface area contributed by atoms with Gasteiger partial charge < -0.3 is 4.74 Å². The van der Waals surface area contributed by atoms with Gasteiger partial charge in [-0.05, 0) is 20.4 Å². The molecule has 1 saturated heterocycles. The maximum Gasteiger partial charge on any atom is 0.0645 e. The summed E-state index contributed by atoms with van der Waals surface area (Å²) >= 11 is 0. The van der Waals surface area contributed by atoms with E-state index in [-0.39, 0.29) is 5.54 Å². The molecule has 1 aliphatic rings. The van der Waals surface area contributed by atoms with E-state index in [4.69, 9.17) is 4.74 Å². The Morgan fingerprint density at radius 3 is 2.25 bits per heavy atom. The number of likely N-dealkylation sites (N-methyl/N-ethyl adjacent to an activating group) is 1. The highest BCUT2D eigenvalue weighted by Crippen LogP contribution is 2.17. The molecule has 12 heavy (non-hydrogen) atoms. The largest absolute Gasteiger partial charge is 0.378 e. The molecule has 0 N–H and O–H groups in total. The molecule has 0 atom stereocenters. The Kier molecular flexibility index (Phi) is 5.51. The van der Waals surface area contributed by atoms with Crippen molar-refractivity contribution in [1.82, 2.24) is 4.90 Å². The fourth-order valence-electron chi connectivity index (χ4n) is 1.48. The summed E-state index contributed by atoms with van der Waals surface area (Å²) in [7, 11) is 0. The van der Waals surface area contributed by atoms with Gasteiger partial charge in [0.1, 0.15) is 0 Å². The van der Waals surface area contributed by atoms with Crippen molar-refractivity contribution in [3.8, 4) is 0 Å². The summed E-state index contributed by atoms with van der Waals surface area (Å²) in [6, 6.07) is 0. The topological polar surface area (TPSA) is 12.5 Å². The number of hydrogen-bond acceptors (Lipinski definition) is 2. The first kappa shape index (κ1) is 11.9. The number of ether oxygens (including phenoxy) is 1. The van der Waals surface area contributed by atoms with Crippen LogP contribution >= 0.6 is 0 Å². The third kappa shape index (κ3) is 3.11. The normalized spacial score (nSPS) is 22.8. The van der Waals surface area contributed by atoms with Gasteiger partial charge in [-0.25, -0.2) is 0 Å². The van der Waals surface area contributed by atoms with E-state index >= 15 is 0 Å². The van der Waals surface area contributed by atoms with E-state index in [0.717, 1.165) is 26.3 Å². The minimum atomic E-state index is 0.257. The van der Waals surface area contributed by atoms with Gasteiger partial charge in [-0.2, -0.15) is 0 Å². The van der Waals surface area contributed by atoms with Gasteiger partial charge in [0.2, 0.25) is 0 Å². The summed E-state index contributed by atoms with van der Waals surface area (Å²) in [4.78, 5) is 2.45. The van der Waals surface area contributed by atoms with Crippen LogP contribution in [0.4, 0.5) is 0 Å². The van der Waals surface area contributed by atoms with Crippen molar-refractivity contribution in [2.24, 2.45) is 0 Å². The minimum Gasteiger partial charge on any atom is -0.378 e. The predicted molar refractivity (Wildman–Crippen MR) is 53.5 cm³/mol. The van der Waals surface area contributed by atoms with Crippen LogP contribution in [-0.4, -0.2) is 36.7 Å². The lowest BCUT2D eigenvalue weighted by Gasteiger charge is -2.41. The molecule has 0 aliphatic carbocycles. The molecule has 0 amide bonds. The zero-order chi connectivity index (χ0) is 9.61. The zero-order valence-electron chi connectivity index (χ0n) is 9.18. The standard InChI is InChI=1S/C8H17NO.C2H6/c1-4-9-5-6-10-7-8(9,2)3;1-2/h4-7H2,1-3H3;1-2H3. The highest BCUT2D eigenvalue weighted by atomic mass is 16.5. The Labute approximate surface area is 76.9 Å². The molecular weight excluding hydrogens is 150 g/mol. The van der Waals surface area contributed by atoms with Gasteiger partial charge in [0.15, 0.2) is 0 Å². The molecule has 2 heteroatoms. The lowest BCUT2D eigenvalue weighted by Crippen LogP contribution is -2.52. The summed E-state index contributed by atoms with van der Waals surface area (Å²) in [5, 5.41) is 0.